The fourth-order valence-electron chi connectivity index (χ4n) is 3.95. The molecule has 0 saturated carbocycles. The van der Waals surface area contributed by atoms with Crippen LogP contribution >= 0.6 is 0 Å². The summed E-state index contributed by atoms with van der Waals surface area (Å²) in [5, 5.41) is 4.84. The van der Waals surface area contributed by atoms with Crippen molar-refractivity contribution >= 4 is 23.7 Å². The van der Waals surface area contributed by atoms with Crippen LogP contribution in [0.5, 0.6) is 0 Å². The number of aromatic nitrogens is 4. The van der Waals surface area contributed by atoms with E-state index in [1.165, 1.54) is 12.8 Å². The minimum atomic E-state index is 0.728. The third-order valence-electron chi connectivity index (χ3n) is 5.56. The van der Waals surface area contributed by atoms with Gasteiger partial charge in [-0.05, 0) is 37.1 Å². The van der Waals surface area contributed by atoms with Gasteiger partial charge in [0.15, 0.2) is 5.65 Å². The summed E-state index contributed by atoms with van der Waals surface area (Å²) in [6, 6.07) is 10.1. The Bertz CT molecular complexity index is 987. The molecular weight excluding hydrogens is 354 g/mol. The molecule has 3 aromatic rings. The quantitative estimate of drug-likeness (QED) is 0.644. The third-order valence-corrected chi connectivity index (χ3v) is 5.56. The van der Waals surface area contributed by atoms with Gasteiger partial charge in [0.25, 0.3) is 0 Å². The van der Waals surface area contributed by atoms with Crippen molar-refractivity contribution in [3.05, 3.63) is 36.5 Å². The van der Waals surface area contributed by atoms with Crippen molar-refractivity contribution in [3.8, 4) is 11.4 Å². The van der Waals surface area contributed by atoms with Crippen LogP contribution in [0.3, 0.4) is 0 Å². The van der Waals surface area contributed by atoms with E-state index >= 15 is 0 Å². The Morgan fingerprint density at radius 3 is 2.43 bits per heavy atom. The van der Waals surface area contributed by atoms with E-state index in [0.29, 0.717) is 0 Å². The van der Waals surface area contributed by atoms with Gasteiger partial charge in [-0.15, -0.1) is 5.10 Å². The van der Waals surface area contributed by atoms with Gasteiger partial charge in [0.2, 0.25) is 6.41 Å². The molecule has 0 radical (unpaired) electrons. The smallest absolute Gasteiger partial charge is 0.209 e. The Kier molecular flexibility index (Phi) is 4.31. The Balaban J connectivity index is 1.46. The Labute approximate surface area is 163 Å². The van der Waals surface area contributed by atoms with Crippen LogP contribution in [-0.4, -0.2) is 70.2 Å². The van der Waals surface area contributed by atoms with E-state index in [0.717, 1.165) is 74.3 Å². The molecule has 28 heavy (non-hydrogen) atoms. The van der Waals surface area contributed by atoms with Gasteiger partial charge in [-0.1, -0.05) is 6.07 Å². The first-order chi connectivity index (χ1) is 13.8. The SMILES string of the molecule is O=CN1CCN(c2cccc(-c3cnc4ccc(N5CCCC5)nn34)n2)CC1. The number of hydrogen-bond acceptors (Lipinski definition) is 6. The highest BCUT2D eigenvalue weighted by Gasteiger charge is 2.19. The molecule has 5 heterocycles. The van der Waals surface area contributed by atoms with Gasteiger partial charge in [-0.25, -0.2) is 14.5 Å². The van der Waals surface area contributed by atoms with Crippen molar-refractivity contribution in [1.29, 1.82) is 0 Å². The lowest BCUT2D eigenvalue weighted by Crippen LogP contribution is -2.46. The molecule has 0 atom stereocenters. The second-order valence-corrected chi connectivity index (χ2v) is 7.31. The lowest BCUT2D eigenvalue weighted by molar-refractivity contribution is -0.118. The van der Waals surface area contributed by atoms with Gasteiger partial charge in [-0.2, -0.15) is 0 Å². The fourth-order valence-corrected chi connectivity index (χ4v) is 3.95. The highest BCUT2D eigenvalue weighted by atomic mass is 16.1. The molecule has 3 aromatic heterocycles. The number of rotatable bonds is 4. The van der Waals surface area contributed by atoms with E-state index in [4.69, 9.17) is 10.1 Å². The van der Waals surface area contributed by atoms with Crippen LogP contribution in [0.4, 0.5) is 11.6 Å². The molecule has 0 bridgehead atoms. The molecule has 0 N–H and O–H groups in total. The molecule has 0 unspecified atom stereocenters. The first-order valence-corrected chi connectivity index (χ1v) is 9.83. The van der Waals surface area contributed by atoms with Crippen molar-refractivity contribution in [3.63, 3.8) is 0 Å². The normalized spacial score (nSPS) is 17.5. The number of fused-ring (bicyclic) bond motifs is 1. The maximum absolute atomic E-state index is 10.9. The second kappa shape index (κ2) is 7.10. The highest BCUT2D eigenvalue weighted by molar-refractivity contribution is 5.62. The number of carbonyl (C=O) groups is 1. The molecular formula is C20H23N7O. The van der Waals surface area contributed by atoms with Crippen LogP contribution in [0.1, 0.15) is 12.8 Å². The highest BCUT2D eigenvalue weighted by Crippen LogP contribution is 2.24. The summed E-state index contributed by atoms with van der Waals surface area (Å²) in [5.41, 5.74) is 2.57. The lowest BCUT2D eigenvalue weighted by Gasteiger charge is -2.33. The Morgan fingerprint density at radius 1 is 0.857 bits per heavy atom. The molecule has 1 amide bonds. The second-order valence-electron chi connectivity index (χ2n) is 7.31. The fraction of sp³-hybridized carbons (Fsp3) is 0.400. The molecule has 2 fully saturated rings. The monoisotopic (exact) mass is 377 g/mol. The summed E-state index contributed by atoms with van der Waals surface area (Å²) < 4.78 is 1.89. The van der Waals surface area contributed by atoms with Gasteiger partial charge < -0.3 is 14.7 Å². The van der Waals surface area contributed by atoms with Crippen molar-refractivity contribution < 1.29 is 4.79 Å². The molecule has 5 rings (SSSR count). The van der Waals surface area contributed by atoms with Crippen LogP contribution in [0, 0.1) is 0 Å². The average molecular weight is 377 g/mol. The largest absolute Gasteiger partial charge is 0.355 e. The first kappa shape index (κ1) is 17.0. The summed E-state index contributed by atoms with van der Waals surface area (Å²) in [7, 11) is 0. The Morgan fingerprint density at radius 2 is 1.64 bits per heavy atom. The molecule has 0 aromatic carbocycles. The predicted octanol–water partition coefficient (Wildman–Crippen LogP) is 1.67. The van der Waals surface area contributed by atoms with Crippen molar-refractivity contribution in [2.24, 2.45) is 0 Å². The van der Waals surface area contributed by atoms with E-state index in [1.54, 1.807) is 4.90 Å². The molecule has 144 valence electrons. The topological polar surface area (TPSA) is 69.9 Å². The summed E-state index contributed by atoms with van der Waals surface area (Å²) in [5.74, 6) is 1.92. The maximum atomic E-state index is 10.9. The zero-order chi connectivity index (χ0) is 18.9. The molecule has 2 aliphatic heterocycles. The van der Waals surface area contributed by atoms with E-state index in [2.05, 4.69) is 14.8 Å². The third kappa shape index (κ3) is 3.04. The standard InChI is InChI=1S/C20H23N7O/c28-15-24-10-12-26(13-11-24)19-5-3-4-16(22-19)17-14-21-18-6-7-20(23-27(17)18)25-8-1-2-9-25/h3-7,14-15H,1-2,8-13H2. The van der Waals surface area contributed by atoms with Gasteiger partial charge in [0.05, 0.1) is 11.9 Å². The van der Waals surface area contributed by atoms with E-state index in [9.17, 15) is 4.79 Å². The first-order valence-electron chi connectivity index (χ1n) is 9.83. The lowest BCUT2D eigenvalue weighted by atomic mass is 10.2. The summed E-state index contributed by atoms with van der Waals surface area (Å²) in [4.78, 5) is 26.6. The van der Waals surface area contributed by atoms with Crippen LogP contribution in [-0.2, 0) is 4.79 Å². The summed E-state index contributed by atoms with van der Waals surface area (Å²) >= 11 is 0. The van der Waals surface area contributed by atoms with Crippen molar-refractivity contribution in [2.75, 3.05) is 49.1 Å². The summed E-state index contributed by atoms with van der Waals surface area (Å²) in [6.45, 7) is 5.16. The van der Waals surface area contributed by atoms with Gasteiger partial charge in [0, 0.05) is 39.3 Å². The average Bonchev–Trinajstić information content (AvgIpc) is 3.43. The molecule has 8 nitrogen and oxygen atoms in total. The van der Waals surface area contributed by atoms with Crippen molar-refractivity contribution in [1.82, 2.24) is 24.5 Å². The zero-order valence-electron chi connectivity index (χ0n) is 15.7. The number of imidazole rings is 1. The number of amides is 1. The van der Waals surface area contributed by atoms with Crippen LogP contribution < -0.4 is 9.80 Å². The molecule has 0 spiro atoms. The number of carbonyl (C=O) groups excluding carboxylic acids is 1. The zero-order valence-corrected chi connectivity index (χ0v) is 15.7. The van der Waals surface area contributed by atoms with E-state index < -0.39 is 0 Å². The summed E-state index contributed by atoms with van der Waals surface area (Å²) in [6.07, 6.45) is 5.20. The van der Waals surface area contributed by atoms with Gasteiger partial charge in [0.1, 0.15) is 17.3 Å². The van der Waals surface area contributed by atoms with Crippen molar-refractivity contribution in [2.45, 2.75) is 12.8 Å². The number of anilines is 2. The van der Waals surface area contributed by atoms with E-state index in [-0.39, 0.29) is 0 Å². The maximum Gasteiger partial charge on any atom is 0.209 e. The number of hydrogen-bond donors (Lipinski definition) is 0. The Hall–Kier alpha value is -3.16. The number of piperazine rings is 1. The van der Waals surface area contributed by atoms with E-state index in [1.807, 2.05) is 41.0 Å². The molecule has 2 saturated heterocycles. The predicted molar refractivity (Wildman–Crippen MR) is 108 cm³/mol. The van der Waals surface area contributed by atoms with Gasteiger partial charge in [-0.3, -0.25) is 4.79 Å². The minimum Gasteiger partial charge on any atom is -0.355 e. The van der Waals surface area contributed by atoms with Crippen LogP contribution in [0.25, 0.3) is 17.0 Å². The number of nitrogens with zero attached hydrogens (tertiary/aromatic N) is 7. The van der Waals surface area contributed by atoms with Gasteiger partial charge >= 0.3 is 0 Å². The minimum absolute atomic E-state index is 0.728. The molecule has 2 aliphatic rings. The molecule has 0 aliphatic carbocycles. The van der Waals surface area contributed by atoms with Crippen LogP contribution in [0.15, 0.2) is 36.5 Å². The molecule has 8 heteroatoms. The number of pyridine rings is 1. The van der Waals surface area contributed by atoms with Crippen LogP contribution in [0.2, 0.25) is 0 Å².